The molecule has 2 atom stereocenters. The second-order valence-electron chi connectivity index (χ2n) is 7.25. The Labute approximate surface area is 162 Å². The van der Waals surface area contributed by atoms with Crippen LogP contribution < -0.4 is 5.32 Å². The van der Waals surface area contributed by atoms with Crippen molar-refractivity contribution in [2.24, 2.45) is 11.3 Å². The van der Waals surface area contributed by atoms with Gasteiger partial charge in [0, 0.05) is 19.6 Å². The Morgan fingerprint density at radius 2 is 2.23 bits per heavy atom. The lowest BCUT2D eigenvalue weighted by Gasteiger charge is -2.27. The monoisotopic (exact) mass is 388 g/mol. The molecule has 0 unspecified atom stereocenters. The van der Waals surface area contributed by atoms with E-state index in [4.69, 9.17) is 0 Å². The van der Waals surface area contributed by atoms with Gasteiger partial charge >= 0.3 is 0 Å². The Bertz CT molecular complexity index is 766. The van der Waals surface area contributed by atoms with Crippen molar-refractivity contribution < 1.29 is 4.79 Å². The second-order valence-corrected chi connectivity index (χ2v) is 9.36. The van der Waals surface area contributed by atoms with Gasteiger partial charge in [-0.3, -0.25) is 9.69 Å². The van der Waals surface area contributed by atoms with Gasteiger partial charge in [-0.2, -0.15) is 0 Å². The molecule has 1 aromatic heterocycles. The summed E-state index contributed by atoms with van der Waals surface area (Å²) >= 11 is 3.15. The van der Waals surface area contributed by atoms with Crippen molar-refractivity contribution in [3.8, 4) is 0 Å². The van der Waals surface area contributed by atoms with Gasteiger partial charge in [0.2, 0.25) is 5.91 Å². The summed E-state index contributed by atoms with van der Waals surface area (Å²) < 4.78 is 0.945. The maximum Gasteiger partial charge on any atom is 0.228 e. The van der Waals surface area contributed by atoms with Gasteiger partial charge in [-0.25, -0.2) is 0 Å². The number of benzene rings is 1. The summed E-state index contributed by atoms with van der Waals surface area (Å²) in [4.78, 5) is 15.6. The van der Waals surface area contributed by atoms with E-state index in [1.165, 1.54) is 5.56 Å². The Hall–Kier alpha value is -1.44. The second kappa shape index (κ2) is 7.66. The molecule has 1 N–H and O–H groups in total. The number of carbonyl (C=O) groups is 1. The molecule has 7 heteroatoms. The van der Waals surface area contributed by atoms with Gasteiger partial charge in [-0.15, -0.1) is 10.2 Å². The molecule has 5 nitrogen and oxygen atoms in total. The molecule has 26 heavy (non-hydrogen) atoms. The number of nitrogens with zero attached hydrogens (tertiary/aromatic N) is 3. The highest BCUT2D eigenvalue weighted by Gasteiger charge is 2.54. The van der Waals surface area contributed by atoms with E-state index in [1.54, 1.807) is 23.1 Å². The fourth-order valence-electron chi connectivity index (χ4n) is 4.45. The first-order valence-electron chi connectivity index (χ1n) is 9.10. The number of fused-ring (bicyclic) bond motifs is 1. The topological polar surface area (TPSA) is 58.1 Å². The van der Waals surface area contributed by atoms with Gasteiger partial charge in [-0.1, -0.05) is 59.9 Å². The van der Waals surface area contributed by atoms with Gasteiger partial charge in [0.15, 0.2) is 4.34 Å². The highest BCUT2D eigenvalue weighted by Crippen LogP contribution is 2.49. The zero-order chi connectivity index (χ0) is 18.0. The summed E-state index contributed by atoms with van der Waals surface area (Å²) in [6.07, 6.45) is 5.31. The quantitative estimate of drug-likeness (QED) is 0.770. The molecular formula is C19H24N4OS2. The number of hydrogen-bond donors (Lipinski definition) is 1. The molecule has 2 aromatic rings. The molecule has 1 aliphatic heterocycles. The maximum absolute atomic E-state index is 13.1. The minimum absolute atomic E-state index is 0.205. The number of hydrogen-bond acceptors (Lipinski definition) is 6. The van der Waals surface area contributed by atoms with E-state index in [2.05, 4.69) is 44.7 Å². The fourth-order valence-corrected chi connectivity index (χ4v) is 5.70. The van der Waals surface area contributed by atoms with Crippen molar-refractivity contribution in [2.45, 2.75) is 36.7 Å². The molecule has 138 valence electrons. The van der Waals surface area contributed by atoms with Crippen molar-refractivity contribution in [3.63, 3.8) is 0 Å². The summed E-state index contributed by atoms with van der Waals surface area (Å²) in [5.41, 5.74) is 1.10. The minimum atomic E-state index is -0.220. The van der Waals surface area contributed by atoms with Crippen LogP contribution in [0.15, 0.2) is 34.7 Å². The van der Waals surface area contributed by atoms with Crippen LogP contribution in [0.4, 0.5) is 0 Å². The molecule has 0 bridgehead atoms. The molecule has 1 saturated heterocycles. The summed E-state index contributed by atoms with van der Waals surface area (Å²) in [5.74, 6) is 0.679. The largest absolute Gasteiger partial charge is 0.349 e. The van der Waals surface area contributed by atoms with Crippen molar-refractivity contribution in [2.75, 3.05) is 19.3 Å². The van der Waals surface area contributed by atoms with Crippen LogP contribution in [-0.2, 0) is 17.9 Å². The van der Waals surface area contributed by atoms with Gasteiger partial charge in [0.25, 0.3) is 0 Å². The molecule has 1 aliphatic carbocycles. The predicted molar refractivity (Wildman–Crippen MR) is 105 cm³/mol. The van der Waals surface area contributed by atoms with Crippen LogP contribution >= 0.6 is 23.1 Å². The first-order chi connectivity index (χ1) is 12.7. The van der Waals surface area contributed by atoms with Crippen molar-refractivity contribution in [1.29, 1.82) is 0 Å². The highest BCUT2D eigenvalue weighted by molar-refractivity contribution is 8.00. The van der Waals surface area contributed by atoms with Gasteiger partial charge in [0.1, 0.15) is 5.01 Å². The fraction of sp³-hybridized carbons (Fsp3) is 0.526. The smallest absolute Gasteiger partial charge is 0.228 e. The van der Waals surface area contributed by atoms with Crippen LogP contribution in [-0.4, -0.2) is 40.3 Å². The number of amides is 1. The zero-order valence-corrected chi connectivity index (χ0v) is 16.6. The van der Waals surface area contributed by atoms with Crippen LogP contribution in [0.1, 0.15) is 29.8 Å². The Balaban J connectivity index is 1.41. The lowest BCUT2D eigenvalue weighted by Crippen LogP contribution is -2.43. The predicted octanol–water partition coefficient (Wildman–Crippen LogP) is 3.18. The molecule has 2 aliphatic rings. The summed E-state index contributed by atoms with van der Waals surface area (Å²) in [6.45, 7) is 3.31. The van der Waals surface area contributed by atoms with Crippen LogP contribution in [0.2, 0.25) is 0 Å². The van der Waals surface area contributed by atoms with E-state index in [0.717, 1.165) is 48.2 Å². The Morgan fingerprint density at radius 3 is 3.00 bits per heavy atom. The van der Waals surface area contributed by atoms with E-state index in [-0.39, 0.29) is 11.3 Å². The molecular weight excluding hydrogens is 364 g/mol. The molecule has 2 heterocycles. The Kier molecular flexibility index (Phi) is 5.29. The average molecular weight is 389 g/mol. The molecule has 4 rings (SSSR count). The van der Waals surface area contributed by atoms with Gasteiger partial charge in [-0.05, 0) is 30.6 Å². The number of rotatable bonds is 6. The molecule has 2 fully saturated rings. The van der Waals surface area contributed by atoms with Crippen LogP contribution in [0.25, 0.3) is 0 Å². The molecule has 1 saturated carbocycles. The lowest BCUT2D eigenvalue weighted by molar-refractivity contribution is -0.131. The maximum atomic E-state index is 13.1. The molecule has 0 spiro atoms. The van der Waals surface area contributed by atoms with Gasteiger partial charge in [0.05, 0.1) is 12.0 Å². The summed E-state index contributed by atoms with van der Waals surface area (Å²) in [7, 11) is 0. The van der Waals surface area contributed by atoms with Crippen molar-refractivity contribution in [3.05, 3.63) is 40.9 Å². The molecule has 1 aromatic carbocycles. The number of nitrogens with one attached hydrogen (secondary N) is 1. The zero-order valence-electron chi connectivity index (χ0n) is 15.0. The number of likely N-dealkylation sites (tertiary alicyclic amines) is 1. The highest BCUT2D eigenvalue weighted by atomic mass is 32.2. The van der Waals surface area contributed by atoms with E-state index in [1.807, 2.05) is 12.3 Å². The lowest BCUT2D eigenvalue weighted by atomic mass is 9.80. The third-order valence-electron chi connectivity index (χ3n) is 5.67. The van der Waals surface area contributed by atoms with Gasteiger partial charge < -0.3 is 5.32 Å². The van der Waals surface area contributed by atoms with E-state index in [9.17, 15) is 4.79 Å². The van der Waals surface area contributed by atoms with E-state index >= 15 is 0 Å². The van der Waals surface area contributed by atoms with E-state index in [0.29, 0.717) is 12.5 Å². The SMILES string of the molecule is CSc1nnc(CNC(=O)[C@@]23CCC[C@@H]2CN(Cc2ccccc2)C3)s1. The number of carbonyl (C=O) groups excluding carboxylic acids is 1. The van der Waals surface area contributed by atoms with Crippen molar-refractivity contribution in [1.82, 2.24) is 20.4 Å². The number of thioether (sulfide) groups is 1. The van der Waals surface area contributed by atoms with Crippen LogP contribution in [0, 0.1) is 11.3 Å². The first-order valence-corrected chi connectivity index (χ1v) is 11.1. The van der Waals surface area contributed by atoms with E-state index < -0.39 is 0 Å². The first kappa shape index (κ1) is 17.9. The third-order valence-corrected chi connectivity index (χ3v) is 7.56. The number of aromatic nitrogens is 2. The van der Waals surface area contributed by atoms with Crippen LogP contribution in [0.3, 0.4) is 0 Å². The average Bonchev–Trinajstić information content (AvgIpc) is 3.34. The summed E-state index contributed by atoms with van der Waals surface area (Å²) in [5, 5.41) is 12.3. The minimum Gasteiger partial charge on any atom is -0.349 e. The normalized spacial score (nSPS) is 25.3. The van der Waals surface area contributed by atoms with Crippen LogP contribution in [0.5, 0.6) is 0 Å². The molecule has 1 amide bonds. The standard InChI is InChI=1S/C19H24N4OS2/c1-25-18-22-21-16(26-18)10-20-17(24)19-9-5-8-15(19)12-23(13-19)11-14-6-3-2-4-7-14/h2-4,6-7,15H,5,8-13H2,1H3,(H,20,24)/t15-,19-/m1/s1. The Morgan fingerprint density at radius 1 is 1.38 bits per heavy atom. The summed E-state index contributed by atoms with van der Waals surface area (Å²) in [6, 6.07) is 10.5. The molecule has 0 radical (unpaired) electrons. The third kappa shape index (κ3) is 3.52. The van der Waals surface area contributed by atoms with Crippen molar-refractivity contribution >= 4 is 29.0 Å².